The van der Waals surface area contributed by atoms with E-state index in [4.69, 9.17) is 0 Å². The summed E-state index contributed by atoms with van der Waals surface area (Å²) in [5.41, 5.74) is 3.41. The summed E-state index contributed by atoms with van der Waals surface area (Å²) in [5, 5.41) is 1.03. The standard InChI is InChI=1S/C15H18BrF3N2O/c16-12-7-5-11(6-8-12)3-1-2-4-13(15(17,18)19)21-10-9-14(22)20-21/h5-8,13H,1-4,9-10H2,(H,20,22)/t13-/m0/s1. The molecular formula is C15H18BrF3N2O. The Morgan fingerprint density at radius 2 is 1.91 bits per heavy atom. The normalized spacial score (nSPS) is 17.5. The molecule has 1 amide bonds. The summed E-state index contributed by atoms with van der Waals surface area (Å²) in [4.78, 5) is 11.1. The third-order valence-corrected chi connectivity index (χ3v) is 4.24. The second-order valence-corrected chi connectivity index (χ2v) is 6.32. The number of rotatable bonds is 6. The predicted molar refractivity (Wildman–Crippen MR) is 81.0 cm³/mol. The Labute approximate surface area is 136 Å². The maximum Gasteiger partial charge on any atom is 0.405 e. The van der Waals surface area contributed by atoms with Crippen molar-refractivity contribution in [2.75, 3.05) is 6.54 Å². The highest BCUT2D eigenvalue weighted by molar-refractivity contribution is 9.10. The smallest absolute Gasteiger partial charge is 0.288 e. The van der Waals surface area contributed by atoms with Crippen molar-refractivity contribution in [3.05, 3.63) is 34.3 Å². The lowest BCUT2D eigenvalue weighted by atomic mass is 10.0. The summed E-state index contributed by atoms with van der Waals surface area (Å²) >= 11 is 3.35. The van der Waals surface area contributed by atoms with E-state index in [2.05, 4.69) is 21.4 Å². The number of aryl methyl sites for hydroxylation is 1. The van der Waals surface area contributed by atoms with E-state index in [0.717, 1.165) is 21.5 Å². The molecule has 0 saturated carbocycles. The van der Waals surface area contributed by atoms with Gasteiger partial charge < -0.3 is 0 Å². The van der Waals surface area contributed by atoms with Gasteiger partial charge in [0.2, 0.25) is 5.91 Å². The van der Waals surface area contributed by atoms with Crippen LogP contribution in [0.4, 0.5) is 13.2 Å². The second kappa shape index (κ2) is 7.46. The van der Waals surface area contributed by atoms with Crippen LogP contribution < -0.4 is 5.43 Å². The maximum absolute atomic E-state index is 13.1. The van der Waals surface area contributed by atoms with Crippen molar-refractivity contribution >= 4 is 21.8 Å². The number of nitrogens with zero attached hydrogens (tertiary/aromatic N) is 1. The van der Waals surface area contributed by atoms with Crippen LogP contribution in [0.3, 0.4) is 0 Å². The van der Waals surface area contributed by atoms with Crippen molar-refractivity contribution in [3.8, 4) is 0 Å². The summed E-state index contributed by atoms with van der Waals surface area (Å²) in [6, 6.07) is 6.18. The topological polar surface area (TPSA) is 32.3 Å². The van der Waals surface area contributed by atoms with E-state index >= 15 is 0 Å². The van der Waals surface area contributed by atoms with Crippen LogP contribution in [0.2, 0.25) is 0 Å². The Morgan fingerprint density at radius 1 is 1.23 bits per heavy atom. The average Bonchev–Trinajstić information content (AvgIpc) is 2.85. The Bertz CT molecular complexity index is 505. The molecular weight excluding hydrogens is 361 g/mol. The van der Waals surface area contributed by atoms with Crippen molar-refractivity contribution in [1.82, 2.24) is 10.4 Å². The number of hydrogen-bond donors (Lipinski definition) is 1. The number of hydrazine groups is 1. The highest BCUT2D eigenvalue weighted by Gasteiger charge is 2.45. The zero-order valence-corrected chi connectivity index (χ0v) is 13.6. The van der Waals surface area contributed by atoms with E-state index in [1.165, 1.54) is 0 Å². The van der Waals surface area contributed by atoms with Gasteiger partial charge in [0, 0.05) is 17.4 Å². The first kappa shape index (κ1) is 17.3. The van der Waals surface area contributed by atoms with Crippen molar-refractivity contribution in [2.45, 2.75) is 44.3 Å². The van der Waals surface area contributed by atoms with Gasteiger partial charge >= 0.3 is 6.18 Å². The molecule has 1 aliphatic rings. The average molecular weight is 379 g/mol. The molecule has 0 aromatic heterocycles. The number of nitrogens with one attached hydrogen (secondary N) is 1. The second-order valence-electron chi connectivity index (χ2n) is 5.41. The highest BCUT2D eigenvalue weighted by Crippen LogP contribution is 2.29. The molecule has 1 aromatic carbocycles. The van der Waals surface area contributed by atoms with Gasteiger partial charge in [-0.15, -0.1) is 0 Å². The zero-order valence-electron chi connectivity index (χ0n) is 12.0. The minimum absolute atomic E-state index is 0.000306. The fraction of sp³-hybridized carbons (Fsp3) is 0.533. The van der Waals surface area contributed by atoms with Gasteiger partial charge in [-0.2, -0.15) is 13.2 Å². The van der Waals surface area contributed by atoms with Crippen LogP contribution in [0.1, 0.15) is 31.2 Å². The van der Waals surface area contributed by atoms with Gasteiger partial charge in [-0.05, 0) is 37.0 Å². The van der Waals surface area contributed by atoms with Crippen molar-refractivity contribution in [3.63, 3.8) is 0 Å². The SMILES string of the molecule is O=C1CCN([C@@H](CCCCc2ccc(Br)cc2)C(F)(F)F)N1. The lowest BCUT2D eigenvalue weighted by Gasteiger charge is -2.28. The molecule has 1 heterocycles. The van der Waals surface area contributed by atoms with Crippen molar-refractivity contribution in [2.24, 2.45) is 0 Å². The molecule has 1 aromatic rings. The lowest BCUT2D eigenvalue weighted by Crippen LogP contribution is -2.49. The maximum atomic E-state index is 13.1. The third kappa shape index (κ3) is 4.98. The molecule has 0 radical (unpaired) electrons. The first-order valence-electron chi connectivity index (χ1n) is 7.23. The Hall–Kier alpha value is -1.08. The molecule has 0 unspecified atom stereocenters. The number of amides is 1. The quantitative estimate of drug-likeness (QED) is 0.762. The summed E-state index contributed by atoms with van der Waals surface area (Å²) in [7, 11) is 0. The van der Waals surface area contributed by atoms with E-state index in [9.17, 15) is 18.0 Å². The molecule has 1 saturated heterocycles. The molecule has 7 heteroatoms. The van der Waals surface area contributed by atoms with E-state index in [1.807, 2.05) is 24.3 Å². The Balaban J connectivity index is 1.81. The van der Waals surface area contributed by atoms with Crippen LogP contribution in [0, 0.1) is 0 Å². The number of benzene rings is 1. The fourth-order valence-corrected chi connectivity index (χ4v) is 2.81. The van der Waals surface area contributed by atoms with Gasteiger partial charge in [0.15, 0.2) is 0 Å². The van der Waals surface area contributed by atoms with Gasteiger partial charge in [0.25, 0.3) is 0 Å². The molecule has 22 heavy (non-hydrogen) atoms. The number of carbonyl (C=O) groups is 1. The van der Waals surface area contributed by atoms with E-state index in [-0.39, 0.29) is 25.3 Å². The Kier molecular flexibility index (Phi) is 5.86. The number of hydrogen-bond acceptors (Lipinski definition) is 2. The monoisotopic (exact) mass is 378 g/mol. The lowest BCUT2D eigenvalue weighted by molar-refractivity contribution is -0.190. The third-order valence-electron chi connectivity index (χ3n) is 3.71. The predicted octanol–water partition coefficient (Wildman–Crippen LogP) is 3.83. The number of unbranched alkanes of at least 4 members (excludes halogenated alkanes) is 1. The van der Waals surface area contributed by atoms with Gasteiger partial charge in [-0.3, -0.25) is 10.2 Å². The minimum atomic E-state index is -4.32. The molecule has 1 N–H and O–H groups in total. The first-order chi connectivity index (χ1) is 10.4. The fourth-order valence-electron chi connectivity index (χ4n) is 2.54. The van der Waals surface area contributed by atoms with Gasteiger partial charge in [0.05, 0.1) is 0 Å². The molecule has 1 aliphatic heterocycles. The van der Waals surface area contributed by atoms with Crippen LogP contribution >= 0.6 is 15.9 Å². The van der Waals surface area contributed by atoms with Crippen LogP contribution in [-0.4, -0.2) is 29.7 Å². The van der Waals surface area contributed by atoms with Crippen LogP contribution in [0.25, 0.3) is 0 Å². The molecule has 0 aliphatic carbocycles. The summed E-state index contributed by atoms with van der Waals surface area (Å²) < 4.78 is 40.3. The molecule has 1 fully saturated rings. The van der Waals surface area contributed by atoms with Gasteiger partial charge in [-0.25, -0.2) is 5.01 Å². The Morgan fingerprint density at radius 3 is 2.45 bits per heavy atom. The molecule has 122 valence electrons. The molecule has 3 nitrogen and oxygen atoms in total. The summed E-state index contributed by atoms with van der Waals surface area (Å²) in [6.45, 7) is 0.121. The number of carbonyl (C=O) groups excluding carboxylic acids is 1. The van der Waals surface area contributed by atoms with Crippen LogP contribution in [-0.2, 0) is 11.2 Å². The van der Waals surface area contributed by atoms with E-state index in [0.29, 0.717) is 12.8 Å². The van der Waals surface area contributed by atoms with E-state index in [1.54, 1.807) is 0 Å². The zero-order chi connectivity index (χ0) is 16.2. The van der Waals surface area contributed by atoms with Gasteiger partial charge in [0.1, 0.15) is 6.04 Å². The highest BCUT2D eigenvalue weighted by atomic mass is 79.9. The van der Waals surface area contributed by atoms with Crippen molar-refractivity contribution < 1.29 is 18.0 Å². The summed E-state index contributed by atoms with van der Waals surface area (Å²) in [5.74, 6) is -0.343. The van der Waals surface area contributed by atoms with E-state index < -0.39 is 12.2 Å². The van der Waals surface area contributed by atoms with Crippen molar-refractivity contribution in [1.29, 1.82) is 0 Å². The number of halogens is 4. The molecule has 1 atom stereocenters. The van der Waals surface area contributed by atoms with Crippen LogP contribution in [0.15, 0.2) is 28.7 Å². The number of alkyl halides is 3. The molecule has 0 spiro atoms. The van der Waals surface area contributed by atoms with Gasteiger partial charge in [-0.1, -0.05) is 34.5 Å². The molecule has 2 rings (SSSR count). The van der Waals surface area contributed by atoms with Crippen LogP contribution in [0.5, 0.6) is 0 Å². The summed E-state index contributed by atoms with van der Waals surface area (Å²) in [6.07, 6.45) is -2.28. The molecule has 0 bridgehead atoms. The largest absolute Gasteiger partial charge is 0.405 e. The first-order valence-corrected chi connectivity index (χ1v) is 8.03. The minimum Gasteiger partial charge on any atom is -0.288 e.